The standard InChI is InChI=1S/C21H21ClN4O2/c1-14-9-10-18(11-15(14)2)28-13-20(27)24-23-12-19-16(3)25-26(21(19)22)17-7-5-4-6-8-17/h4-12H,13H2,1-3H3,(H,24,27)/b23-12+. The van der Waals surface area contributed by atoms with Gasteiger partial charge in [0.25, 0.3) is 5.91 Å². The predicted molar refractivity (Wildman–Crippen MR) is 110 cm³/mol. The highest BCUT2D eigenvalue weighted by atomic mass is 35.5. The number of hydrogen-bond acceptors (Lipinski definition) is 4. The topological polar surface area (TPSA) is 68.5 Å². The van der Waals surface area contributed by atoms with Gasteiger partial charge in [-0.3, -0.25) is 4.79 Å². The van der Waals surface area contributed by atoms with Gasteiger partial charge in [-0.15, -0.1) is 0 Å². The number of hydrazone groups is 1. The molecule has 1 aromatic heterocycles. The van der Waals surface area contributed by atoms with Crippen molar-refractivity contribution in [3.05, 3.63) is 76.1 Å². The van der Waals surface area contributed by atoms with Crippen LogP contribution in [0.25, 0.3) is 5.69 Å². The molecule has 0 atom stereocenters. The average molecular weight is 397 g/mol. The minimum atomic E-state index is -0.362. The number of aryl methyl sites for hydroxylation is 3. The first kappa shape index (κ1) is 19.6. The number of para-hydroxylation sites is 1. The van der Waals surface area contributed by atoms with Gasteiger partial charge in [-0.05, 0) is 56.2 Å². The Kier molecular flexibility index (Phi) is 6.11. The van der Waals surface area contributed by atoms with Crippen molar-refractivity contribution in [3.8, 4) is 11.4 Å². The third-order valence-electron chi connectivity index (χ3n) is 4.28. The Bertz CT molecular complexity index is 1010. The Morgan fingerprint density at radius 1 is 1.18 bits per heavy atom. The van der Waals surface area contributed by atoms with Gasteiger partial charge < -0.3 is 4.74 Å². The second-order valence-corrected chi connectivity index (χ2v) is 6.72. The fourth-order valence-electron chi connectivity index (χ4n) is 2.55. The summed E-state index contributed by atoms with van der Waals surface area (Å²) in [6.07, 6.45) is 1.48. The molecule has 28 heavy (non-hydrogen) atoms. The Labute approximate surface area is 168 Å². The number of amides is 1. The van der Waals surface area contributed by atoms with Crippen molar-refractivity contribution in [3.63, 3.8) is 0 Å². The van der Waals surface area contributed by atoms with Crippen LogP contribution in [0.2, 0.25) is 5.15 Å². The summed E-state index contributed by atoms with van der Waals surface area (Å²) in [5.74, 6) is 0.281. The number of rotatable bonds is 6. The first-order valence-corrected chi connectivity index (χ1v) is 9.16. The van der Waals surface area contributed by atoms with Gasteiger partial charge in [-0.25, -0.2) is 10.1 Å². The molecule has 0 saturated carbocycles. The second-order valence-electron chi connectivity index (χ2n) is 6.37. The lowest BCUT2D eigenvalue weighted by atomic mass is 10.1. The minimum Gasteiger partial charge on any atom is -0.484 e. The zero-order valence-corrected chi connectivity index (χ0v) is 16.7. The molecule has 6 nitrogen and oxygen atoms in total. The summed E-state index contributed by atoms with van der Waals surface area (Å²) in [7, 11) is 0. The zero-order chi connectivity index (χ0) is 20.1. The Morgan fingerprint density at radius 3 is 2.64 bits per heavy atom. The minimum absolute atomic E-state index is 0.129. The summed E-state index contributed by atoms with van der Waals surface area (Å²) < 4.78 is 7.12. The zero-order valence-electron chi connectivity index (χ0n) is 15.9. The Morgan fingerprint density at radius 2 is 1.93 bits per heavy atom. The summed E-state index contributed by atoms with van der Waals surface area (Å²) >= 11 is 6.42. The van der Waals surface area contributed by atoms with E-state index >= 15 is 0 Å². The van der Waals surface area contributed by atoms with Gasteiger partial charge in [0.05, 0.1) is 23.2 Å². The van der Waals surface area contributed by atoms with E-state index in [9.17, 15) is 4.79 Å². The molecule has 0 unspecified atom stereocenters. The van der Waals surface area contributed by atoms with Crippen LogP contribution >= 0.6 is 11.6 Å². The van der Waals surface area contributed by atoms with Crippen molar-refractivity contribution >= 4 is 23.7 Å². The van der Waals surface area contributed by atoms with Gasteiger partial charge in [0.1, 0.15) is 10.9 Å². The quantitative estimate of drug-likeness (QED) is 0.506. The molecule has 1 amide bonds. The number of carbonyl (C=O) groups is 1. The number of nitrogens with one attached hydrogen (secondary N) is 1. The first-order valence-electron chi connectivity index (χ1n) is 8.78. The van der Waals surface area contributed by atoms with Crippen LogP contribution in [0.1, 0.15) is 22.4 Å². The van der Waals surface area contributed by atoms with Crippen LogP contribution < -0.4 is 10.2 Å². The van der Waals surface area contributed by atoms with E-state index in [0.717, 1.165) is 11.3 Å². The maximum absolute atomic E-state index is 12.0. The van der Waals surface area contributed by atoms with E-state index in [4.69, 9.17) is 16.3 Å². The second kappa shape index (κ2) is 8.71. The van der Waals surface area contributed by atoms with Gasteiger partial charge >= 0.3 is 0 Å². The fraction of sp³-hybridized carbons (Fsp3) is 0.190. The smallest absolute Gasteiger partial charge is 0.277 e. The molecule has 1 N–H and O–H groups in total. The summed E-state index contributed by atoms with van der Waals surface area (Å²) in [5.41, 5.74) is 6.91. The SMILES string of the molecule is Cc1ccc(OCC(=O)N/N=C/c2c(C)nn(-c3ccccc3)c2Cl)cc1C. The van der Waals surface area contributed by atoms with Crippen LogP contribution in [-0.4, -0.2) is 28.5 Å². The van der Waals surface area contributed by atoms with Gasteiger partial charge in [-0.1, -0.05) is 35.9 Å². The highest BCUT2D eigenvalue weighted by Gasteiger charge is 2.13. The molecule has 0 aliphatic heterocycles. The molecule has 0 aliphatic rings. The molecule has 144 valence electrons. The number of carbonyl (C=O) groups excluding carboxylic acids is 1. The maximum atomic E-state index is 12.0. The molecule has 0 saturated heterocycles. The predicted octanol–water partition coefficient (Wildman–Crippen LogP) is 3.98. The lowest BCUT2D eigenvalue weighted by molar-refractivity contribution is -0.123. The molecule has 0 radical (unpaired) electrons. The van der Waals surface area contributed by atoms with E-state index < -0.39 is 0 Å². The van der Waals surface area contributed by atoms with Crippen LogP contribution in [0, 0.1) is 20.8 Å². The molecule has 3 aromatic rings. The highest BCUT2D eigenvalue weighted by molar-refractivity contribution is 6.32. The van der Waals surface area contributed by atoms with Crippen molar-refractivity contribution in [1.29, 1.82) is 0 Å². The molecule has 3 rings (SSSR count). The van der Waals surface area contributed by atoms with Gasteiger partial charge in [-0.2, -0.15) is 10.2 Å². The lowest BCUT2D eigenvalue weighted by Gasteiger charge is -2.07. The average Bonchev–Trinajstić information content (AvgIpc) is 2.98. The number of halogens is 1. The van der Waals surface area contributed by atoms with Gasteiger partial charge in [0, 0.05) is 0 Å². The summed E-state index contributed by atoms with van der Waals surface area (Å²) in [6.45, 7) is 5.72. The Balaban J connectivity index is 1.60. The molecule has 1 heterocycles. The summed E-state index contributed by atoms with van der Waals surface area (Å²) in [6, 6.07) is 15.2. The van der Waals surface area contributed by atoms with Crippen molar-refractivity contribution < 1.29 is 9.53 Å². The molecular formula is C21H21ClN4O2. The van der Waals surface area contributed by atoms with Crippen molar-refractivity contribution in [2.75, 3.05) is 6.61 Å². The van der Waals surface area contributed by atoms with Gasteiger partial charge in [0.15, 0.2) is 6.61 Å². The fourth-order valence-corrected chi connectivity index (χ4v) is 2.87. The number of ether oxygens (including phenoxy) is 1. The van der Waals surface area contributed by atoms with Gasteiger partial charge in [0.2, 0.25) is 0 Å². The van der Waals surface area contributed by atoms with E-state index in [2.05, 4.69) is 15.6 Å². The molecular weight excluding hydrogens is 376 g/mol. The van der Waals surface area contributed by atoms with E-state index in [1.165, 1.54) is 11.8 Å². The largest absolute Gasteiger partial charge is 0.484 e. The number of nitrogens with zero attached hydrogens (tertiary/aromatic N) is 3. The number of hydrogen-bond donors (Lipinski definition) is 1. The normalized spacial score (nSPS) is 11.0. The number of benzene rings is 2. The van der Waals surface area contributed by atoms with Crippen LogP contribution in [-0.2, 0) is 4.79 Å². The van der Waals surface area contributed by atoms with Crippen LogP contribution in [0.3, 0.4) is 0 Å². The summed E-state index contributed by atoms with van der Waals surface area (Å²) in [4.78, 5) is 12.0. The van der Waals surface area contributed by atoms with Crippen LogP contribution in [0.5, 0.6) is 5.75 Å². The molecule has 0 spiro atoms. The third kappa shape index (κ3) is 4.58. The molecule has 0 aliphatic carbocycles. The highest BCUT2D eigenvalue weighted by Crippen LogP contribution is 2.21. The van der Waals surface area contributed by atoms with E-state index in [0.29, 0.717) is 22.2 Å². The van der Waals surface area contributed by atoms with Crippen molar-refractivity contribution in [2.24, 2.45) is 5.10 Å². The van der Waals surface area contributed by atoms with E-state index in [-0.39, 0.29) is 12.5 Å². The lowest BCUT2D eigenvalue weighted by Crippen LogP contribution is -2.24. The molecule has 0 bridgehead atoms. The van der Waals surface area contributed by atoms with Crippen molar-refractivity contribution in [2.45, 2.75) is 20.8 Å². The Hall–Kier alpha value is -3.12. The van der Waals surface area contributed by atoms with E-state index in [1.54, 1.807) is 4.68 Å². The molecule has 7 heteroatoms. The monoisotopic (exact) mass is 396 g/mol. The molecule has 2 aromatic carbocycles. The van der Waals surface area contributed by atoms with Crippen LogP contribution in [0.4, 0.5) is 0 Å². The molecule has 0 fully saturated rings. The maximum Gasteiger partial charge on any atom is 0.277 e. The van der Waals surface area contributed by atoms with E-state index in [1.807, 2.05) is 69.3 Å². The first-order chi connectivity index (χ1) is 13.5. The number of aromatic nitrogens is 2. The summed E-state index contributed by atoms with van der Waals surface area (Å²) in [5, 5.41) is 8.82. The van der Waals surface area contributed by atoms with Crippen LogP contribution in [0.15, 0.2) is 53.6 Å². The van der Waals surface area contributed by atoms with Crippen molar-refractivity contribution in [1.82, 2.24) is 15.2 Å². The third-order valence-corrected chi connectivity index (χ3v) is 4.64.